The van der Waals surface area contributed by atoms with Gasteiger partial charge in [0.2, 0.25) is 0 Å². The zero-order chi connectivity index (χ0) is 27.3. The van der Waals surface area contributed by atoms with E-state index in [0.717, 1.165) is 61.7 Å². The van der Waals surface area contributed by atoms with Gasteiger partial charge < -0.3 is 14.6 Å². The lowest BCUT2D eigenvalue weighted by Crippen LogP contribution is -2.49. The molecule has 0 spiro atoms. The summed E-state index contributed by atoms with van der Waals surface area (Å²) >= 11 is 0. The van der Waals surface area contributed by atoms with E-state index in [1.165, 1.54) is 0 Å². The van der Waals surface area contributed by atoms with Crippen LogP contribution in [-0.4, -0.2) is 52.6 Å². The predicted octanol–water partition coefficient (Wildman–Crippen LogP) is 5.23. The zero-order valence-electron chi connectivity index (χ0n) is 23.7. The zero-order valence-corrected chi connectivity index (χ0v) is 23.7. The highest BCUT2D eigenvalue weighted by atomic mass is 16.6. The van der Waals surface area contributed by atoms with Gasteiger partial charge in [-0.2, -0.15) is 0 Å². The van der Waals surface area contributed by atoms with Gasteiger partial charge in [-0.3, -0.25) is 19.3 Å². The summed E-state index contributed by atoms with van der Waals surface area (Å²) in [5.74, 6) is -0.150. The number of likely N-dealkylation sites (tertiary alicyclic amines) is 1. The van der Waals surface area contributed by atoms with Crippen LogP contribution in [0.25, 0.3) is 10.9 Å². The van der Waals surface area contributed by atoms with E-state index < -0.39 is 5.60 Å². The van der Waals surface area contributed by atoms with E-state index in [4.69, 9.17) is 4.74 Å². The van der Waals surface area contributed by atoms with Gasteiger partial charge in [-0.25, -0.2) is 0 Å². The highest BCUT2D eigenvalue weighted by molar-refractivity contribution is 5.98. The SMILES string of the molecule is CCCCC(C(=O)OC(C)(C)C)N1CCC(CNC(=O)c2cc3c(C)cccc3n(C(C)C)c2=O)CC1. The van der Waals surface area contributed by atoms with Crippen molar-refractivity contribution in [1.82, 2.24) is 14.8 Å². The van der Waals surface area contributed by atoms with Crippen molar-refractivity contribution in [2.24, 2.45) is 5.92 Å². The summed E-state index contributed by atoms with van der Waals surface area (Å²) in [4.78, 5) is 41.5. The number of hydrogen-bond acceptors (Lipinski definition) is 5. The number of unbranched alkanes of at least 4 members (excludes halogenated alkanes) is 1. The molecule has 204 valence electrons. The molecule has 7 heteroatoms. The molecule has 0 radical (unpaired) electrons. The Kier molecular flexibility index (Phi) is 9.57. The van der Waals surface area contributed by atoms with Gasteiger partial charge in [0.1, 0.15) is 17.2 Å². The molecule has 1 aliphatic rings. The molecule has 1 fully saturated rings. The summed E-state index contributed by atoms with van der Waals surface area (Å²) in [5, 5.41) is 3.96. The molecule has 2 aromatic rings. The number of hydrogen-bond donors (Lipinski definition) is 1. The Morgan fingerprint density at radius 1 is 1.16 bits per heavy atom. The number of rotatable bonds is 9. The second-order valence-electron chi connectivity index (χ2n) is 11.7. The lowest BCUT2D eigenvalue weighted by atomic mass is 9.94. The third-order valence-corrected chi connectivity index (χ3v) is 7.21. The summed E-state index contributed by atoms with van der Waals surface area (Å²) < 4.78 is 7.42. The molecule has 1 amide bonds. The normalized spacial score (nSPS) is 16.2. The van der Waals surface area contributed by atoms with Gasteiger partial charge in [0.05, 0.1) is 5.52 Å². The molecular formula is C30H45N3O4. The molecule has 1 unspecified atom stereocenters. The maximum atomic E-state index is 13.2. The third kappa shape index (κ3) is 7.22. The molecular weight excluding hydrogens is 466 g/mol. The van der Waals surface area contributed by atoms with E-state index >= 15 is 0 Å². The molecule has 1 N–H and O–H groups in total. The first-order valence-electron chi connectivity index (χ1n) is 13.8. The molecule has 0 aliphatic carbocycles. The number of carbonyl (C=O) groups is 2. The van der Waals surface area contributed by atoms with Crippen molar-refractivity contribution in [3.8, 4) is 0 Å². The average Bonchev–Trinajstić information content (AvgIpc) is 2.82. The Hall–Kier alpha value is -2.67. The van der Waals surface area contributed by atoms with Crippen molar-refractivity contribution < 1.29 is 14.3 Å². The molecule has 3 rings (SSSR count). The van der Waals surface area contributed by atoms with Gasteiger partial charge in [0.25, 0.3) is 11.5 Å². The van der Waals surface area contributed by atoms with Gasteiger partial charge >= 0.3 is 5.97 Å². The Balaban J connectivity index is 1.66. The van der Waals surface area contributed by atoms with Crippen LogP contribution in [0.3, 0.4) is 0 Å². The van der Waals surface area contributed by atoms with E-state index in [9.17, 15) is 14.4 Å². The summed E-state index contributed by atoms with van der Waals surface area (Å²) in [6.07, 6.45) is 4.60. The maximum absolute atomic E-state index is 13.2. The maximum Gasteiger partial charge on any atom is 0.323 e. The highest BCUT2D eigenvalue weighted by Gasteiger charge is 2.32. The first-order valence-corrected chi connectivity index (χ1v) is 13.8. The molecule has 2 heterocycles. The monoisotopic (exact) mass is 511 g/mol. The number of nitrogens with zero attached hydrogens (tertiary/aromatic N) is 2. The standard InChI is InChI=1S/C30H45N3O4/c1-8-9-12-26(29(36)37-30(5,6)7)32-16-14-22(15-17-32)19-31-27(34)24-18-23-21(4)11-10-13-25(23)33(20(2)3)28(24)35/h10-11,13,18,20,22,26H,8-9,12,14-17,19H2,1-7H3,(H,31,34). The van der Waals surface area contributed by atoms with Gasteiger partial charge in [0, 0.05) is 18.0 Å². The number of carbonyl (C=O) groups excluding carboxylic acids is 2. The Bertz CT molecular complexity index is 1150. The third-order valence-electron chi connectivity index (χ3n) is 7.21. The number of amides is 1. The second kappa shape index (κ2) is 12.2. The fourth-order valence-electron chi connectivity index (χ4n) is 5.20. The molecule has 1 saturated heterocycles. The van der Waals surface area contributed by atoms with Crippen LogP contribution in [0.4, 0.5) is 0 Å². The predicted molar refractivity (Wildman–Crippen MR) is 149 cm³/mol. The van der Waals surface area contributed by atoms with Gasteiger partial charge in [0.15, 0.2) is 0 Å². The van der Waals surface area contributed by atoms with E-state index in [1.54, 1.807) is 10.6 Å². The van der Waals surface area contributed by atoms with Gasteiger partial charge in [-0.1, -0.05) is 31.9 Å². The van der Waals surface area contributed by atoms with Crippen LogP contribution in [0.2, 0.25) is 0 Å². The topological polar surface area (TPSA) is 80.6 Å². The molecule has 7 nitrogen and oxygen atoms in total. The Morgan fingerprint density at radius 2 is 1.84 bits per heavy atom. The molecule has 1 aliphatic heterocycles. The number of benzene rings is 1. The van der Waals surface area contributed by atoms with Crippen LogP contribution in [-0.2, 0) is 9.53 Å². The van der Waals surface area contributed by atoms with E-state index in [2.05, 4.69) is 17.1 Å². The van der Waals surface area contributed by atoms with Crippen molar-refractivity contribution in [2.45, 2.75) is 98.3 Å². The minimum Gasteiger partial charge on any atom is -0.459 e. The van der Waals surface area contributed by atoms with Crippen molar-refractivity contribution >= 4 is 22.8 Å². The summed E-state index contributed by atoms with van der Waals surface area (Å²) in [6.45, 7) is 15.9. The largest absolute Gasteiger partial charge is 0.459 e. The minimum absolute atomic E-state index is 0.0560. The summed E-state index contributed by atoms with van der Waals surface area (Å²) in [5.41, 5.74) is 1.33. The molecule has 1 atom stereocenters. The van der Waals surface area contributed by atoms with Crippen molar-refractivity contribution in [3.05, 3.63) is 45.7 Å². The fourth-order valence-corrected chi connectivity index (χ4v) is 5.20. The van der Waals surface area contributed by atoms with Crippen molar-refractivity contribution in [3.63, 3.8) is 0 Å². The first kappa shape index (κ1) is 28.9. The minimum atomic E-state index is -0.500. The van der Waals surface area contributed by atoms with Gasteiger partial charge in [-0.15, -0.1) is 0 Å². The molecule has 1 aromatic heterocycles. The fraction of sp³-hybridized carbons (Fsp3) is 0.633. The number of piperidine rings is 1. The number of ether oxygens (including phenoxy) is 1. The van der Waals surface area contributed by atoms with Crippen LogP contribution >= 0.6 is 0 Å². The number of nitrogens with one attached hydrogen (secondary N) is 1. The number of fused-ring (bicyclic) bond motifs is 1. The second-order valence-corrected chi connectivity index (χ2v) is 11.7. The smallest absolute Gasteiger partial charge is 0.323 e. The van der Waals surface area contributed by atoms with E-state index in [-0.39, 0.29) is 35.1 Å². The number of esters is 1. The highest BCUT2D eigenvalue weighted by Crippen LogP contribution is 2.24. The average molecular weight is 512 g/mol. The van der Waals surface area contributed by atoms with Crippen LogP contribution in [0.15, 0.2) is 29.1 Å². The number of pyridine rings is 1. The number of aryl methyl sites for hydroxylation is 1. The van der Waals surface area contributed by atoms with Crippen LogP contribution < -0.4 is 10.9 Å². The van der Waals surface area contributed by atoms with Crippen LogP contribution in [0, 0.1) is 12.8 Å². The molecule has 0 saturated carbocycles. The summed E-state index contributed by atoms with van der Waals surface area (Å²) in [6, 6.07) is 7.34. The molecule has 0 bridgehead atoms. The lowest BCUT2D eigenvalue weighted by molar-refractivity contribution is -0.162. The summed E-state index contributed by atoms with van der Waals surface area (Å²) in [7, 11) is 0. The first-order chi connectivity index (χ1) is 17.4. The quantitative estimate of drug-likeness (QED) is 0.466. The lowest BCUT2D eigenvalue weighted by Gasteiger charge is -2.37. The molecule has 1 aromatic carbocycles. The van der Waals surface area contributed by atoms with Crippen molar-refractivity contribution in [1.29, 1.82) is 0 Å². The van der Waals surface area contributed by atoms with Crippen LogP contribution in [0.5, 0.6) is 0 Å². The van der Waals surface area contributed by atoms with E-state index in [1.807, 2.05) is 59.7 Å². The Labute approximate surface area is 221 Å². The Morgan fingerprint density at radius 3 is 2.43 bits per heavy atom. The van der Waals surface area contributed by atoms with Crippen molar-refractivity contribution in [2.75, 3.05) is 19.6 Å². The molecule has 37 heavy (non-hydrogen) atoms. The van der Waals surface area contributed by atoms with Gasteiger partial charge in [-0.05, 0) is 97.5 Å². The van der Waals surface area contributed by atoms with E-state index in [0.29, 0.717) is 12.5 Å². The van der Waals surface area contributed by atoms with Crippen LogP contribution in [0.1, 0.15) is 95.6 Å². The number of aromatic nitrogens is 1.